The molecule has 2 aromatic rings. The molecule has 86 valence electrons. The predicted molar refractivity (Wildman–Crippen MR) is 67.1 cm³/mol. The standard InChI is InChI=1S/C11H15N3OS/c1-2-3-4-7-12-8-5-6-9(16)11-10(8)13-15-14-11/h5-6,12,16H,2-4,7H2,1H3. The van der Waals surface area contributed by atoms with Gasteiger partial charge in [0, 0.05) is 11.4 Å². The van der Waals surface area contributed by atoms with Crippen LogP contribution in [0.5, 0.6) is 0 Å². The molecule has 0 radical (unpaired) electrons. The first-order valence-corrected chi connectivity index (χ1v) is 5.95. The van der Waals surface area contributed by atoms with Gasteiger partial charge in [0.2, 0.25) is 0 Å². The van der Waals surface area contributed by atoms with E-state index in [-0.39, 0.29) is 0 Å². The van der Waals surface area contributed by atoms with E-state index in [9.17, 15) is 0 Å². The van der Waals surface area contributed by atoms with Gasteiger partial charge >= 0.3 is 0 Å². The highest BCUT2D eigenvalue weighted by molar-refractivity contribution is 7.80. The van der Waals surface area contributed by atoms with E-state index in [1.54, 1.807) is 0 Å². The molecule has 5 heteroatoms. The van der Waals surface area contributed by atoms with Gasteiger partial charge in [-0.15, -0.1) is 12.6 Å². The van der Waals surface area contributed by atoms with Crippen LogP contribution in [0.1, 0.15) is 26.2 Å². The minimum Gasteiger partial charge on any atom is -0.383 e. The second kappa shape index (κ2) is 5.21. The monoisotopic (exact) mass is 237 g/mol. The number of nitrogens with one attached hydrogen (secondary N) is 1. The van der Waals surface area contributed by atoms with Crippen molar-refractivity contribution in [3.8, 4) is 0 Å². The van der Waals surface area contributed by atoms with Gasteiger partial charge in [0.1, 0.15) is 0 Å². The molecule has 0 aliphatic rings. The zero-order valence-electron chi connectivity index (χ0n) is 9.23. The lowest BCUT2D eigenvalue weighted by atomic mass is 10.2. The van der Waals surface area contributed by atoms with Crippen LogP contribution in [0.3, 0.4) is 0 Å². The molecule has 0 unspecified atom stereocenters. The summed E-state index contributed by atoms with van der Waals surface area (Å²) in [5, 5.41) is 11.0. The number of thiol groups is 1. The molecule has 1 aromatic carbocycles. The van der Waals surface area contributed by atoms with Crippen molar-refractivity contribution in [2.45, 2.75) is 31.1 Å². The molecule has 0 fully saturated rings. The number of nitrogens with zero attached hydrogens (tertiary/aromatic N) is 2. The summed E-state index contributed by atoms with van der Waals surface area (Å²) in [5.41, 5.74) is 2.43. The molecule has 0 atom stereocenters. The summed E-state index contributed by atoms with van der Waals surface area (Å²) < 4.78 is 4.72. The van der Waals surface area contributed by atoms with Crippen molar-refractivity contribution in [3.05, 3.63) is 12.1 Å². The lowest BCUT2D eigenvalue weighted by Gasteiger charge is -2.05. The van der Waals surface area contributed by atoms with Crippen molar-refractivity contribution in [2.24, 2.45) is 0 Å². The largest absolute Gasteiger partial charge is 0.383 e. The van der Waals surface area contributed by atoms with E-state index >= 15 is 0 Å². The summed E-state index contributed by atoms with van der Waals surface area (Å²) in [7, 11) is 0. The Hall–Kier alpha value is -1.23. The summed E-state index contributed by atoms with van der Waals surface area (Å²) >= 11 is 4.30. The van der Waals surface area contributed by atoms with Crippen molar-refractivity contribution in [3.63, 3.8) is 0 Å². The maximum absolute atomic E-state index is 4.72. The van der Waals surface area contributed by atoms with Crippen molar-refractivity contribution in [2.75, 3.05) is 11.9 Å². The van der Waals surface area contributed by atoms with Crippen LogP contribution in [-0.4, -0.2) is 16.9 Å². The number of aromatic nitrogens is 2. The fourth-order valence-electron chi connectivity index (χ4n) is 1.59. The van der Waals surface area contributed by atoms with Gasteiger partial charge < -0.3 is 5.32 Å². The topological polar surface area (TPSA) is 51.0 Å². The Morgan fingerprint density at radius 3 is 2.88 bits per heavy atom. The van der Waals surface area contributed by atoms with E-state index < -0.39 is 0 Å². The highest BCUT2D eigenvalue weighted by atomic mass is 32.1. The van der Waals surface area contributed by atoms with Crippen LogP contribution in [0.15, 0.2) is 21.7 Å². The smallest absolute Gasteiger partial charge is 0.159 e. The number of hydrogen-bond donors (Lipinski definition) is 2. The second-order valence-electron chi connectivity index (χ2n) is 3.73. The van der Waals surface area contributed by atoms with Gasteiger partial charge in [-0.25, -0.2) is 4.63 Å². The Morgan fingerprint density at radius 2 is 2.06 bits per heavy atom. The molecular formula is C11H15N3OS. The third-order valence-corrected chi connectivity index (χ3v) is 2.85. The van der Waals surface area contributed by atoms with Crippen LogP contribution in [0, 0.1) is 0 Å². The lowest BCUT2D eigenvalue weighted by Crippen LogP contribution is -2.01. The van der Waals surface area contributed by atoms with Gasteiger partial charge in [0.15, 0.2) is 11.0 Å². The molecule has 0 spiro atoms. The number of fused-ring (bicyclic) bond motifs is 1. The predicted octanol–water partition coefficient (Wildman–Crippen LogP) is 3.11. The van der Waals surface area contributed by atoms with Crippen LogP contribution in [-0.2, 0) is 0 Å². The van der Waals surface area contributed by atoms with E-state index in [2.05, 4.69) is 35.2 Å². The third-order valence-electron chi connectivity index (χ3n) is 2.49. The average molecular weight is 237 g/mol. The molecule has 0 aliphatic carbocycles. The van der Waals surface area contributed by atoms with Gasteiger partial charge in [-0.2, -0.15) is 0 Å². The van der Waals surface area contributed by atoms with Gasteiger partial charge in [-0.05, 0) is 28.9 Å². The molecule has 0 amide bonds. The number of rotatable bonds is 5. The second-order valence-corrected chi connectivity index (χ2v) is 4.21. The Balaban J connectivity index is 2.12. The number of unbranched alkanes of at least 4 members (excludes halogenated alkanes) is 2. The first-order valence-electron chi connectivity index (χ1n) is 5.51. The molecule has 2 rings (SSSR count). The summed E-state index contributed by atoms with van der Waals surface area (Å²) in [5.74, 6) is 0. The first-order chi connectivity index (χ1) is 7.83. The van der Waals surface area contributed by atoms with E-state index in [1.807, 2.05) is 12.1 Å². The molecule has 0 saturated carbocycles. The van der Waals surface area contributed by atoms with E-state index in [1.165, 1.54) is 12.8 Å². The molecule has 16 heavy (non-hydrogen) atoms. The fraction of sp³-hybridized carbons (Fsp3) is 0.455. The molecule has 1 heterocycles. The third kappa shape index (κ3) is 2.29. The van der Waals surface area contributed by atoms with Crippen molar-refractivity contribution >= 4 is 29.3 Å². The van der Waals surface area contributed by atoms with E-state index in [0.29, 0.717) is 5.52 Å². The number of anilines is 1. The first kappa shape index (κ1) is 11.3. The summed E-state index contributed by atoms with van der Waals surface area (Å²) in [6, 6.07) is 3.86. The van der Waals surface area contributed by atoms with Crippen LogP contribution in [0.4, 0.5) is 5.69 Å². The Labute approximate surface area is 99.8 Å². The zero-order valence-corrected chi connectivity index (χ0v) is 10.1. The number of benzene rings is 1. The van der Waals surface area contributed by atoms with E-state index in [0.717, 1.165) is 29.1 Å². The van der Waals surface area contributed by atoms with Gasteiger partial charge in [-0.3, -0.25) is 0 Å². The van der Waals surface area contributed by atoms with Gasteiger partial charge in [-0.1, -0.05) is 19.8 Å². The summed E-state index contributed by atoms with van der Waals surface area (Å²) in [6.07, 6.45) is 3.61. The normalized spacial score (nSPS) is 10.9. The maximum atomic E-state index is 4.72. The van der Waals surface area contributed by atoms with Crippen LogP contribution in [0.25, 0.3) is 11.0 Å². The van der Waals surface area contributed by atoms with Crippen molar-refractivity contribution in [1.29, 1.82) is 0 Å². The van der Waals surface area contributed by atoms with Gasteiger partial charge in [0.05, 0.1) is 5.69 Å². The zero-order chi connectivity index (χ0) is 11.4. The van der Waals surface area contributed by atoms with Crippen LogP contribution < -0.4 is 5.32 Å². The number of hydrogen-bond acceptors (Lipinski definition) is 5. The average Bonchev–Trinajstić information content (AvgIpc) is 2.77. The van der Waals surface area contributed by atoms with Gasteiger partial charge in [0.25, 0.3) is 0 Å². The SMILES string of the molecule is CCCCCNc1ccc(S)c2nonc12. The van der Waals surface area contributed by atoms with Crippen molar-refractivity contribution in [1.82, 2.24) is 10.3 Å². The minimum atomic E-state index is 0.712. The minimum absolute atomic E-state index is 0.712. The maximum Gasteiger partial charge on any atom is 0.159 e. The molecule has 0 bridgehead atoms. The molecule has 0 aliphatic heterocycles. The molecule has 0 saturated heterocycles. The Kier molecular flexibility index (Phi) is 3.66. The van der Waals surface area contributed by atoms with E-state index in [4.69, 9.17) is 4.63 Å². The lowest BCUT2D eigenvalue weighted by molar-refractivity contribution is 0.315. The molecular weight excluding hydrogens is 222 g/mol. The highest BCUT2D eigenvalue weighted by Crippen LogP contribution is 2.25. The van der Waals surface area contributed by atoms with Crippen LogP contribution in [0.2, 0.25) is 0 Å². The summed E-state index contributed by atoms with van der Waals surface area (Å²) in [6.45, 7) is 3.14. The Bertz CT molecular complexity index is 469. The van der Waals surface area contributed by atoms with Crippen molar-refractivity contribution < 1.29 is 4.63 Å². The quantitative estimate of drug-likeness (QED) is 0.619. The molecule has 4 nitrogen and oxygen atoms in total. The molecule has 1 N–H and O–H groups in total. The summed E-state index contributed by atoms with van der Waals surface area (Å²) in [4.78, 5) is 0.787. The fourth-order valence-corrected chi connectivity index (χ4v) is 1.82. The Morgan fingerprint density at radius 1 is 1.25 bits per heavy atom. The molecule has 1 aromatic heterocycles. The highest BCUT2D eigenvalue weighted by Gasteiger charge is 2.08. The van der Waals surface area contributed by atoms with Crippen LogP contribution >= 0.6 is 12.6 Å².